The SMILES string of the molecule is CC1CCCN1c1ccc(/C(N)=N/O)c(C(F)(F)F)c1. The van der Waals surface area contributed by atoms with Crippen molar-refractivity contribution in [3.05, 3.63) is 29.3 Å². The molecule has 0 spiro atoms. The van der Waals surface area contributed by atoms with Crippen LogP contribution in [0.25, 0.3) is 0 Å². The third-order valence-electron chi connectivity index (χ3n) is 3.58. The number of benzene rings is 1. The van der Waals surface area contributed by atoms with E-state index in [-0.39, 0.29) is 11.6 Å². The Morgan fingerprint density at radius 1 is 1.45 bits per heavy atom. The molecule has 3 N–H and O–H groups in total. The van der Waals surface area contributed by atoms with Gasteiger partial charge in [0.05, 0.1) is 5.56 Å². The molecule has 1 aliphatic rings. The molecule has 0 radical (unpaired) electrons. The van der Waals surface area contributed by atoms with Crippen molar-refractivity contribution in [2.75, 3.05) is 11.4 Å². The number of rotatable bonds is 2. The maximum Gasteiger partial charge on any atom is 0.417 e. The first-order valence-corrected chi connectivity index (χ1v) is 6.30. The van der Waals surface area contributed by atoms with Gasteiger partial charge in [0.25, 0.3) is 0 Å². The van der Waals surface area contributed by atoms with Gasteiger partial charge < -0.3 is 15.8 Å². The average Bonchev–Trinajstić information content (AvgIpc) is 2.82. The average molecular weight is 287 g/mol. The highest BCUT2D eigenvalue weighted by atomic mass is 19.4. The minimum absolute atomic E-state index is 0.214. The molecule has 2 rings (SSSR count). The molecule has 1 unspecified atom stereocenters. The van der Waals surface area contributed by atoms with E-state index in [1.807, 2.05) is 11.8 Å². The third-order valence-corrected chi connectivity index (χ3v) is 3.58. The number of halogens is 3. The van der Waals surface area contributed by atoms with Crippen LogP contribution >= 0.6 is 0 Å². The molecule has 110 valence electrons. The van der Waals surface area contributed by atoms with Crippen molar-refractivity contribution >= 4 is 11.5 Å². The Hall–Kier alpha value is -1.92. The zero-order valence-electron chi connectivity index (χ0n) is 11.0. The number of hydrogen-bond donors (Lipinski definition) is 2. The zero-order chi connectivity index (χ0) is 14.9. The predicted octanol–water partition coefficient (Wildman–Crippen LogP) is 2.79. The molecule has 1 fully saturated rings. The van der Waals surface area contributed by atoms with Gasteiger partial charge in [-0.1, -0.05) is 5.16 Å². The second-order valence-electron chi connectivity index (χ2n) is 4.90. The maximum absolute atomic E-state index is 13.1. The van der Waals surface area contributed by atoms with Crippen molar-refractivity contribution in [1.82, 2.24) is 0 Å². The molecule has 0 saturated carbocycles. The number of anilines is 1. The summed E-state index contributed by atoms with van der Waals surface area (Å²) >= 11 is 0. The lowest BCUT2D eigenvalue weighted by atomic mass is 10.0. The molecule has 1 aliphatic heterocycles. The number of alkyl halides is 3. The van der Waals surface area contributed by atoms with Gasteiger partial charge in [0.1, 0.15) is 0 Å². The summed E-state index contributed by atoms with van der Waals surface area (Å²) in [6.07, 6.45) is -2.63. The monoisotopic (exact) mass is 287 g/mol. The Bertz CT molecular complexity index is 528. The van der Waals surface area contributed by atoms with Crippen molar-refractivity contribution in [2.24, 2.45) is 10.9 Å². The third kappa shape index (κ3) is 2.66. The fourth-order valence-corrected chi connectivity index (χ4v) is 2.54. The summed E-state index contributed by atoms with van der Waals surface area (Å²) in [7, 11) is 0. The van der Waals surface area contributed by atoms with Gasteiger partial charge >= 0.3 is 6.18 Å². The molecule has 1 saturated heterocycles. The van der Waals surface area contributed by atoms with Crippen LogP contribution in [0.5, 0.6) is 0 Å². The van der Waals surface area contributed by atoms with Crippen LogP contribution in [0.1, 0.15) is 30.9 Å². The molecule has 0 amide bonds. The lowest BCUT2D eigenvalue weighted by molar-refractivity contribution is -0.137. The highest BCUT2D eigenvalue weighted by molar-refractivity contribution is 5.99. The second kappa shape index (κ2) is 5.22. The Morgan fingerprint density at radius 2 is 2.15 bits per heavy atom. The van der Waals surface area contributed by atoms with Crippen LogP contribution in [-0.4, -0.2) is 23.6 Å². The van der Waals surface area contributed by atoms with E-state index in [0.29, 0.717) is 5.69 Å². The summed E-state index contributed by atoms with van der Waals surface area (Å²) in [4.78, 5) is 1.94. The van der Waals surface area contributed by atoms with Crippen molar-refractivity contribution in [2.45, 2.75) is 32.0 Å². The lowest BCUT2D eigenvalue weighted by Gasteiger charge is -2.25. The van der Waals surface area contributed by atoms with E-state index in [4.69, 9.17) is 10.9 Å². The quantitative estimate of drug-likeness (QED) is 0.380. The molecular weight excluding hydrogens is 271 g/mol. The molecule has 0 aliphatic carbocycles. The van der Waals surface area contributed by atoms with Gasteiger partial charge in [-0.25, -0.2) is 0 Å². The van der Waals surface area contributed by atoms with Gasteiger partial charge in [-0.2, -0.15) is 13.2 Å². The fourth-order valence-electron chi connectivity index (χ4n) is 2.54. The summed E-state index contributed by atoms with van der Waals surface area (Å²) in [6.45, 7) is 2.72. The first kappa shape index (κ1) is 14.5. The fraction of sp³-hybridized carbons (Fsp3) is 0.462. The normalized spacial score (nSPS) is 20.5. The van der Waals surface area contributed by atoms with Crippen molar-refractivity contribution in [3.63, 3.8) is 0 Å². The maximum atomic E-state index is 13.1. The van der Waals surface area contributed by atoms with Crippen LogP contribution in [0, 0.1) is 0 Å². The summed E-state index contributed by atoms with van der Waals surface area (Å²) < 4.78 is 39.3. The Kier molecular flexibility index (Phi) is 3.78. The molecule has 20 heavy (non-hydrogen) atoms. The highest BCUT2D eigenvalue weighted by Gasteiger charge is 2.35. The molecule has 4 nitrogen and oxygen atoms in total. The molecule has 7 heteroatoms. The highest BCUT2D eigenvalue weighted by Crippen LogP contribution is 2.36. The molecule has 1 heterocycles. The first-order valence-electron chi connectivity index (χ1n) is 6.30. The van der Waals surface area contributed by atoms with E-state index in [0.717, 1.165) is 25.5 Å². The number of nitrogens with two attached hydrogens (primary N) is 1. The van der Waals surface area contributed by atoms with Gasteiger partial charge in [0, 0.05) is 23.8 Å². The largest absolute Gasteiger partial charge is 0.417 e. The van der Waals surface area contributed by atoms with E-state index in [1.54, 1.807) is 6.07 Å². The smallest absolute Gasteiger partial charge is 0.409 e. The number of oxime groups is 1. The van der Waals surface area contributed by atoms with Crippen LogP contribution in [0.2, 0.25) is 0 Å². The van der Waals surface area contributed by atoms with E-state index in [1.165, 1.54) is 6.07 Å². The molecule has 1 aromatic carbocycles. The van der Waals surface area contributed by atoms with E-state index in [2.05, 4.69) is 5.16 Å². The van der Waals surface area contributed by atoms with Gasteiger partial charge in [-0.3, -0.25) is 0 Å². The lowest BCUT2D eigenvalue weighted by Crippen LogP contribution is -2.27. The second-order valence-corrected chi connectivity index (χ2v) is 4.90. The van der Waals surface area contributed by atoms with Crippen molar-refractivity contribution in [1.29, 1.82) is 0 Å². The number of hydrogen-bond acceptors (Lipinski definition) is 3. The summed E-state index contributed by atoms with van der Waals surface area (Å²) in [5.41, 5.74) is 4.63. The molecule has 1 aromatic rings. The topological polar surface area (TPSA) is 61.8 Å². The summed E-state index contributed by atoms with van der Waals surface area (Å²) in [5, 5.41) is 11.2. The summed E-state index contributed by atoms with van der Waals surface area (Å²) in [6, 6.07) is 4.10. The van der Waals surface area contributed by atoms with E-state index in [9.17, 15) is 13.2 Å². The zero-order valence-corrected chi connectivity index (χ0v) is 11.0. The predicted molar refractivity (Wildman–Crippen MR) is 70.0 cm³/mol. The first-order chi connectivity index (χ1) is 9.34. The molecule has 0 aromatic heterocycles. The minimum Gasteiger partial charge on any atom is -0.409 e. The van der Waals surface area contributed by atoms with Crippen LogP contribution in [-0.2, 0) is 6.18 Å². The molecule has 1 atom stereocenters. The Balaban J connectivity index is 2.49. The van der Waals surface area contributed by atoms with Crippen LogP contribution in [0.4, 0.5) is 18.9 Å². The standard InChI is InChI=1S/C13H16F3N3O/c1-8-3-2-6-19(8)9-4-5-10(12(17)18-20)11(7-9)13(14,15)16/h4-5,7-8,20H,2-3,6H2,1H3,(H2,17,18). The van der Waals surface area contributed by atoms with Gasteiger partial charge in [-0.15, -0.1) is 0 Å². The van der Waals surface area contributed by atoms with E-state index >= 15 is 0 Å². The van der Waals surface area contributed by atoms with Crippen molar-refractivity contribution in [3.8, 4) is 0 Å². The molecule has 0 bridgehead atoms. The molecular formula is C13H16F3N3O. The summed E-state index contributed by atoms with van der Waals surface area (Å²) in [5.74, 6) is -0.543. The van der Waals surface area contributed by atoms with Gasteiger partial charge in [0.2, 0.25) is 0 Å². The Morgan fingerprint density at radius 3 is 2.65 bits per heavy atom. The van der Waals surface area contributed by atoms with Crippen LogP contribution < -0.4 is 10.6 Å². The van der Waals surface area contributed by atoms with Crippen LogP contribution in [0.15, 0.2) is 23.4 Å². The Labute approximate surface area is 114 Å². The van der Waals surface area contributed by atoms with Gasteiger partial charge in [0.15, 0.2) is 5.84 Å². The van der Waals surface area contributed by atoms with Crippen molar-refractivity contribution < 1.29 is 18.4 Å². The number of amidine groups is 1. The van der Waals surface area contributed by atoms with Gasteiger partial charge in [-0.05, 0) is 38.0 Å². The van der Waals surface area contributed by atoms with E-state index < -0.39 is 17.6 Å². The van der Waals surface area contributed by atoms with Crippen LogP contribution in [0.3, 0.4) is 0 Å². The minimum atomic E-state index is -4.55. The number of nitrogens with zero attached hydrogens (tertiary/aromatic N) is 2.